The molecule has 0 aromatic heterocycles. The zero-order valence-electron chi connectivity index (χ0n) is 11.3. The number of hydrogen-bond acceptors (Lipinski definition) is 8. The van der Waals surface area contributed by atoms with Gasteiger partial charge in [-0.2, -0.15) is 0 Å². The number of rotatable bonds is 2. The molecule has 0 fully saturated rings. The molecule has 8 heteroatoms. The van der Waals surface area contributed by atoms with E-state index in [1.807, 2.05) is 0 Å². The monoisotopic (exact) mass is 286 g/mol. The predicted octanol–water partition coefficient (Wildman–Crippen LogP) is -1.20. The summed E-state index contributed by atoms with van der Waals surface area (Å²) in [6.45, 7) is 0.731. The lowest BCUT2D eigenvalue weighted by Crippen LogP contribution is -2.17. The number of carbonyl (C=O) groups excluding carboxylic acids is 2. The van der Waals surface area contributed by atoms with E-state index in [9.17, 15) is 9.59 Å². The van der Waals surface area contributed by atoms with Crippen LogP contribution >= 0.6 is 0 Å². The van der Waals surface area contributed by atoms with Crippen molar-refractivity contribution in [1.82, 2.24) is 0 Å². The molecule has 2 atom stereocenters. The average Bonchev–Trinajstić information content (AvgIpc) is 3.06. The Bertz CT molecular complexity index is 392. The minimum absolute atomic E-state index is 0.172. The topological polar surface area (TPSA) is 123 Å². The Morgan fingerprint density at radius 3 is 1.55 bits per heavy atom. The van der Waals surface area contributed by atoms with Gasteiger partial charge in [0, 0.05) is 0 Å². The predicted molar refractivity (Wildman–Crippen MR) is 68.1 cm³/mol. The largest absolute Gasteiger partial charge is 0.485 e. The Morgan fingerprint density at radius 1 is 1.00 bits per heavy atom. The summed E-state index contributed by atoms with van der Waals surface area (Å²) in [5, 5.41) is 0. The Labute approximate surface area is 116 Å². The van der Waals surface area contributed by atoms with Gasteiger partial charge in [-0.15, -0.1) is 0 Å². The number of esters is 2. The second kappa shape index (κ2) is 7.51. The van der Waals surface area contributed by atoms with Gasteiger partial charge in [0.25, 0.3) is 0 Å². The molecule has 112 valence electrons. The third-order valence-corrected chi connectivity index (χ3v) is 2.37. The fraction of sp³-hybridized carbons (Fsp3) is 0.500. The molecule has 0 unspecified atom stereocenters. The smallest absolute Gasteiger partial charge is 0.373 e. The van der Waals surface area contributed by atoms with Crippen LogP contribution in [0.2, 0.25) is 0 Å². The molecule has 0 saturated carbocycles. The van der Waals surface area contributed by atoms with Gasteiger partial charge < -0.3 is 30.4 Å². The molecule has 2 heterocycles. The zero-order valence-corrected chi connectivity index (χ0v) is 11.3. The van der Waals surface area contributed by atoms with Crippen LogP contribution in [-0.4, -0.2) is 51.5 Å². The molecule has 8 nitrogen and oxygen atoms in total. The Hall–Kier alpha value is -2.06. The Balaban J connectivity index is 0.000000200. The second-order valence-corrected chi connectivity index (χ2v) is 3.99. The zero-order chi connectivity index (χ0) is 15.1. The van der Waals surface area contributed by atoms with Crippen LogP contribution in [-0.2, 0) is 28.5 Å². The summed E-state index contributed by atoms with van der Waals surface area (Å²) in [5.74, 6) is -0.495. The molecule has 0 radical (unpaired) electrons. The van der Waals surface area contributed by atoms with Gasteiger partial charge in [0.05, 0.1) is 26.3 Å². The van der Waals surface area contributed by atoms with Crippen LogP contribution in [0.5, 0.6) is 0 Å². The van der Waals surface area contributed by atoms with Crippen molar-refractivity contribution < 1.29 is 28.5 Å². The van der Waals surface area contributed by atoms with Crippen LogP contribution in [0.3, 0.4) is 0 Å². The summed E-state index contributed by atoms with van der Waals surface area (Å²) in [6.07, 6.45) is 3.09. The first kappa shape index (κ1) is 16.0. The molecule has 0 aliphatic carbocycles. The molecule has 0 aromatic carbocycles. The summed E-state index contributed by atoms with van der Waals surface area (Å²) in [4.78, 5) is 21.4. The van der Waals surface area contributed by atoms with E-state index in [1.54, 1.807) is 12.2 Å². The maximum atomic E-state index is 10.7. The van der Waals surface area contributed by atoms with Gasteiger partial charge in [0.1, 0.15) is 13.2 Å². The summed E-state index contributed by atoms with van der Waals surface area (Å²) in [7, 11) is 2.60. The Kier molecular flexibility index (Phi) is 6.01. The number of ether oxygens (including phenoxy) is 4. The van der Waals surface area contributed by atoms with Crippen molar-refractivity contribution in [3.8, 4) is 0 Å². The highest BCUT2D eigenvalue weighted by molar-refractivity contribution is 5.87. The van der Waals surface area contributed by atoms with E-state index in [2.05, 4.69) is 9.47 Å². The third kappa shape index (κ3) is 4.56. The normalized spacial score (nSPS) is 23.4. The lowest BCUT2D eigenvalue weighted by molar-refractivity contribution is -0.140. The minimum Gasteiger partial charge on any atom is -0.485 e. The average molecular weight is 286 g/mol. The molecule has 0 amide bonds. The highest BCUT2D eigenvalue weighted by Gasteiger charge is 2.20. The highest BCUT2D eigenvalue weighted by Crippen LogP contribution is 2.09. The lowest BCUT2D eigenvalue weighted by atomic mass is 10.3. The van der Waals surface area contributed by atoms with Crippen LogP contribution in [0.15, 0.2) is 23.7 Å². The molecule has 4 N–H and O–H groups in total. The van der Waals surface area contributed by atoms with Crippen molar-refractivity contribution in [2.24, 2.45) is 11.5 Å². The van der Waals surface area contributed by atoms with Crippen molar-refractivity contribution >= 4 is 11.9 Å². The number of hydrogen-bond donors (Lipinski definition) is 2. The van der Waals surface area contributed by atoms with E-state index >= 15 is 0 Å². The van der Waals surface area contributed by atoms with Crippen LogP contribution in [0.25, 0.3) is 0 Å². The quantitative estimate of drug-likeness (QED) is 0.607. The van der Waals surface area contributed by atoms with E-state index in [4.69, 9.17) is 20.9 Å². The molecule has 2 rings (SSSR count). The molecular formula is C12H18N2O6. The van der Waals surface area contributed by atoms with Gasteiger partial charge in [-0.1, -0.05) is 0 Å². The molecular weight excluding hydrogens is 268 g/mol. The SMILES string of the molecule is COC(=O)C1=C[C@@H](N)CO1.COC(=O)C1=C[C@@H](N)CO1. The second-order valence-electron chi connectivity index (χ2n) is 3.99. The van der Waals surface area contributed by atoms with Gasteiger partial charge in [-0.3, -0.25) is 0 Å². The summed E-state index contributed by atoms with van der Waals surface area (Å²) in [5.41, 5.74) is 10.8. The van der Waals surface area contributed by atoms with Gasteiger partial charge in [0.15, 0.2) is 0 Å². The van der Waals surface area contributed by atoms with Crippen LogP contribution in [0.1, 0.15) is 0 Å². The van der Waals surface area contributed by atoms with Crippen molar-refractivity contribution in [3.05, 3.63) is 23.7 Å². The standard InChI is InChI=1S/2C6H9NO3/c2*1-9-6(8)5-2-4(7)3-10-5/h2*2,4H,3,7H2,1H3/t2*4-/m11/s1. The fourth-order valence-corrected chi connectivity index (χ4v) is 1.41. The van der Waals surface area contributed by atoms with Gasteiger partial charge in [-0.25, -0.2) is 9.59 Å². The number of carbonyl (C=O) groups is 2. The van der Waals surface area contributed by atoms with Crippen molar-refractivity contribution in [2.45, 2.75) is 12.1 Å². The molecule has 20 heavy (non-hydrogen) atoms. The third-order valence-electron chi connectivity index (χ3n) is 2.37. The van der Waals surface area contributed by atoms with Crippen molar-refractivity contribution in [2.75, 3.05) is 27.4 Å². The van der Waals surface area contributed by atoms with Gasteiger partial charge >= 0.3 is 11.9 Å². The van der Waals surface area contributed by atoms with Crippen molar-refractivity contribution in [1.29, 1.82) is 0 Å². The van der Waals surface area contributed by atoms with Crippen molar-refractivity contribution in [3.63, 3.8) is 0 Å². The number of nitrogens with two attached hydrogens (primary N) is 2. The van der Waals surface area contributed by atoms with Gasteiger partial charge in [0.2, 0.25) is 11.5 Å². The van der Waals surface area contributed by atoms with Gasteiger partial charge in [-0.05, 0) is 12.2 Å². The maximum Gasteiger partial charge on any atom is 0.373 e. The lowest BCUT2D eigenvalue weighted by Gasteiger charge is -1.98. The molecule has 2 aliphatic heterocycles. The molecule has 0 spiro atoms. The number of methoxy groups -OCH3 is 2. The first-order valence-electron chi connectivity index (χ1n) is 5.85. The maximum absolute atomic E-state index is 10.7. The molecule has 0 aromatic rings. The summed E-state index contributed by atoms with van der Waals surface area (Å²) >= 11 is 0. The first-order valence-corrected chi connectivity index (χ1v) is 5.85. The van der Waals surface area contributed by atoms with E-state index in [0.717, 1.165) is 0 Å². The van der Waals surface area contributed by atoms with E-state index in [-0.39, 0.29) is 23.6 Å². The first-order chi connectivity index (χ1) is 9.47. The summed E-state index contributed by atoms with van der Waals surface area (Å²) < 4.78 is 18.5. The molecule has 0 bridgehead atoms. The van der Waals surface area contributed by atoms with E-state index in [0.29, 0.717) is 13.2 Å². The highest BCUT2D eigenvalue weighted by atomic mass is 16.6. The fourth-order valence-electron chi connectivity index (χ4n) is 1.41. The molecule has 2 aliphatic rings. The van der Waals surface area contributed by atoms with E-state index in [1.165, 1.54) is 14.2 Å². The Morgan fingerprint density at radius 2 is 1.35 bits per heavy atom. The minimum atomic E-state index is -0.465. The summed E-state index contributed by atoms with van der Waals surface area (Å²) in [6, 6.07) is -0.344. The van der Waals surface area contributed by atoms with Crippen LogP contribution < -0.4 is 11.5 Å². The van der Waals surface area contributed by atoms with Crippen LogP contribution in [0, 0.1) is 0 Å². The van der Waals surface area contributed by atoms with E-state index < -0.39 is 11.9 Å². The van der Waals surface area contributed by atoms with Crippen LogP contribution in [0.4, 0.5) is 0 Å². The molecule has 0 saturated heterocycles.